The van der Waals surface area contributed by atoms with Crippen molar-refractivity contribution in [1.82, 2.24) is 0 Å². The Bertz CT molecular complexity index is 281. The standard InChI is InChI=1S/C10H12BrNO/c11-9-4-1-8(2-5-9)3-6-10(12)7-13/h1-6,10,13H,7,12H2/b6-3+. The predicted molar refractivity (Wildman–Crippen MR) is 58.2 cm³/mol. The lowest BCUT2D eigenvalue weighted by Crippen LogP contribution is -2.20. The summed E-state index contributed by atoms with van der Waals surface area (Å²) in [6.45, 7) is -0.0208. The lowest BCUT2D eigenvalue weighted by molar-refractivity contribution is 0.284. The van der Waals surface area contributed by atoms with Crippen LogP contribution in [0.25, 0.3) is 6.08 Å². The second kappa shape index (κ2) is 5.17. The zero-order valence-electron chi connectivity index (χ0n) is 7.15. The highest BCUT2D eigenvalue weighted by Crippen LogP contribution is 2.11. The summed E-state index contributed by atoms with van der Waals surface area (Å²) in [6.07, 6.45) is 3.68. The lowest BCUT2D eigenvalue weighted by Gasteiger charge is -1.99. The van der Waals surface area contributed by atoms with Gasteiger partial charge in [0.15, 0.2) is 0 Å². The summed E-state index contributed by atoms with van der Waals surface area (Å²) >= 11 is 3.35. The van der Waals surface area contributed by atoms with Gasteiger partial charge in [-0.2, -0.15) is 0 Å². The SMILES string of the molecule is NC(/C=C/c1ccc(Br)cc1)CO. The Morgan fingerprint density at radius 2 is 2.00 bits per heavy atom. The smallest absolute Gasteiger partial charge is 0.0618 e. The third-order valence-electron chi connectivity index (χ3n) is 1.62. The van der Waals surface area contributed by atoms with Crippen molar-refractivity contribution in [2.45, 2.75) is 6.04 Å². The van der Waals surface area contributed by atoms with E-state index in [9.17, 15) is 0 Å². The number of benzene rings is 1. The summed E-state index contributed by atoms with van der Waals surface area (Å²) in [5.41, 5.74) is 6.58. The van der Waals surface area contributed by atoms with Crippen molar-refractivity contribution in [3.05, 3.63) is 40.4 Å². The van der Waals surface area contributed by atoms with Crippen LogP contribution in [0.5, 0.6) is 0 Å². The Balaban J connectivity index is 2.64. The van der Waals surface area contributed by atoms with Crippen LogP contribution >= 0.6 is 15.9 Å². The zero-order chi connectivity index (χ0) is 9.68. The summed E-state index contributed by atoms with van der Waals surface area (Å²) in [5.74, 6) is 0. The van der Waals surface area contributed by atoms with Gasteiger partial charge >= 0.3 is 0 Å². The molecule has 2 nitrogen and oxygen atoms in total. The molecule has 13 heavy (non-hydrogen) atoms. The summed E-state index contributed by atoms with van der Waals surface area (Å²) in [6, 6.07) is 7.60. The fourth-order valence-electron chi connectivity index (χ4n) is 0.869. The molecule has 1 unspecified atom stereocenters. The molecule has 0 radical (unpaired) electrons. The largest absolute Gasteiger partial charge is 0.394 e. The average Bonchev–Trinajstić information content (AvgIpc) is 2.16. The van der Waals surface area contributed by atoms with Gasteiger partial charge < -0.3 is 10.8 Å². The molecule has 0 aliphatic carbocycles. The summed E-state index contributed by atoms with van der Waals surface area (Å²) < 4.78 is 1.05. The maximum Gasteiger partial charge on any atom is 0.0618 e. The highest BCUT2D eigenvalue weighted by Gasteiger charge is 1.92. The molecule has 1 aromatic carbocycles. The van der Waals surface area contributed by atoms with Crippen molar-refractivity contribution in [2.75, 3.05) is 6.61 Å². The third-order valence-corrected chi connectivity index (χ3v) is 2.15. The van der Waals surface area contributed by atoms with Crippen molar-refractivity contribution >= 4 is 22.0 Å². The van der Waals surface area contributed by atoms with Gasteiger partial charge in [0.25, 0.3) is 0 Å². The monoisotopic (exact) mass is 241 g/mol. The minimum absolute atomic E-state index is 0.0208. The number of hydrogen-bond donors (Lipinski definition) is 2. The molecule has 0 heterocycles. The first-order valence-corrected chi connectivity index (χ1v) is 4.82. The first-order valence-electron chi connectivity index (χ1n) is 4.02. The topological polar surface area (TPSA) is 46.2 Å². The molecule has 1 atom stereocenters. The molecular weight excluding hydrogens is 230 g/mol. The van der Waals surface area contributed by atoms with Crippen LogP contribution in [0.4, 0.5) is 0 Å². The van der Waals surface area contributed by atoms with Gasteiger partial charge in [-0.05, 0) is 17.7 Å². The lowest BCUT2D eigenvalue weighted by atomic mass is 10.2. The molecule has 0 aliphatic heterocycles. The van der Waals surface area contributed by atoms with Gasteiger partial charge in [-0.15, -0.1) is 0 Å². The van der Waals surface area contributed by atoms with Crippen LogP contribution in [0.3, 0.4) is 0 Å². The molecule has 1 aromatic rings. The van der Waals surface area contributed by atoms with Crippen molar-refractivity contribution in [3.8, 4) is 0 Å². The molecule has 0 aliphatic rings. The second-order valence-electron chi connectivity index (χ2n) is 2.76. The molecule has 0 amide bonds. The number of aliphatic hydroxyl groups excluding tert-OH is 1. The van der Waals surface area contributed by atoms with E-state index in [1.807, 2.05) is 30.3 Å². The van der Waals surface area contributed by atoms with Crippen LogP contribution in [0.15, 0.2) is 34.8 Å². The molecule has 0 spiro atoms. The summed E-state index contributed by atoms with van der Waals surface area (Å²) in [7, 11) is 0. The van der Waals surface area contributed by atoms with E-state index in [0.717, 1.165) is 10.0 Å². The fourth-order valence-corrected chi connectivity index (χ4v) is 1.13. The van der Waals surface area contributed by atoms with Crippen molar-refractivity contribution < 1.29 is 5.11 Å². The Morgan fingerprint density at radius 1 is 1.38 bits per heavy atom. The highest BCUT2D eigenvalue weighted by atomic mass is 79.9. The number of aliphatic hydroxyl groups is 1. The van der Waals surface area contributed by atoms with Crippen LogP contribution in [0.2, 0.25) is 0 Å². The minimum atomic E-state index is -0.274. The molecule has 0 saturated carbocycles. The molecule has 0 bridgehead atoms. The third kappa shape index (κ3) is 3.72. The van der Waals surface area contributed by atoms with Gasteiger partial charge in [0.05, 0.1) is 6.61 Å². The van der Waals surface area contributed by atoms with Crippen LogP contribution in [0.1, 0.15) is 5.56 Å². The van der Waals surface area contributed by atoms with Gasteiger partial charge in [0.2, 0.25) is 0 Å². The van der Waals surface area contributed by atoms with Gasteiger partial charge in [-0.1, -0.05) is 40.2 Å². The molecule has 0 fully saturated rings. The van der Waals surface area contributed by atoms with Gasteiger partial charge in [-0.3, -0.25) is 0 Å². The van der Waals surface area contributed by atoms with Gasteiger partial charge in [-0.25, -0.2) is 0 Å². The number of nitrogens with two attached hydrogens (primary N) is 1. The van der Waals surface area contributed by atoms with E-state index in [-0.39, 0.29) is 12.6 Å². The maximum atomic E-state index is 8.67. The fraction of sp³-hybridized carbons (Fsp3) is 0.200. The first-order chi connectivity index (χ1) is 6.22. The van der Waals surface area contributed by atoms with E-state index in [4.69, 9.17) is 10.8 Å². The van der Waals surface area contributed by atoms with Crippen LogP contribution in [-0.2, 0) is 0 Å². The molecule has 3 N–H and O–H groups in total. The Labute approximate surface area is 86.2 Å². The summed E-state index contributed by atoms with van der Waals surface area (Å²) in [5, 5.41) is 8.67. The van der Waals surface area contributed by atoms with Crippen molar-refractivity contribution in [1.29, 1.82) is 0 Å². The highest BCUT2D eigenvalue weighted by molar-refractivity contribution is 9.10. The average molecular weight is 242 g/mol. The van der Waals surface area contributed by atoms with E-state index in [1.54, 1.807) is 6.08 Å². The first kappa shape index (κ1) is 10.4. The quantitative estimate of drug-likeness (QED) is 0.848. The van der Waals surface area contributed by atoms with E-state index >= 15 is 0 Å². The van der Waals surface area contributed by atoms with E-state index in [1.165, 1.54) is 0 Å². The number of rotatable bonds is 3. The molecule has 3 heteroatoms. The molecule has 0 saturated heterocycles. The molecule has 0 aromatic heterocycles. The van der Waals surface area contributed by atoms with Crippen LogP contribution in [0, 0.1) is 0 Å². The Morgan fingerprint density at radius 3 is 2.54 bits per heavy atom. The molecule has 70 valence electrons. The van der Waals surface area contributed by atoms with Crippen LogP contribution < -0.4 is 5.73 Å². The minimum Gasteiger partial charge on any atom is -0.394 e. The van der Waals surface area contributed by atoms with Gasteiger partial charge in [0.1, 0.15) is 0 Å². The molecule has 1 rings (SSSR count). The van der Waals surface area contributed by atoms with E-state index in [2.05, 4.69) is 15.9 Å². The zero-order valence-corrected chi connectivity index (χ0v) is 8.74. The second-order valence-corrected chi connectivity index (χ2v) is 3.67. The normalized spacial score (nSPS) is 13.5. The Kier molecular flexibility index (Phi) is 4.15. The van der Waals surface area contributed by atoms with Crippen molar-refractivity contribution in [2.24, 2.45) is 5.73 Å². The Hall–Kier alpha value is -0.640. The maximum absolute atomic E-state index is 8.67. The molecular formula is C10H12BrNO. The van der Waals surface area contributed by atoms with E-state index < -0.39 is 0 Å². The van der Waals surface area contributed by atoms with E-state index in [0.29, 0.717) is 0 Å². The summed E-state index contributed by atoms with van der Waals surface area (Å²) in [4.78, 5) is 0. The van der Waals surface area contributed by atoms with Crippen molar-refractivity contribution in [3.63, 3.8) is 0 Å². The van der Waals surface area contributed by atoms with Gasteiger partial charge in [0, 0.05) is 10.5 Å². The number of halogens is 1. The van der Waals surface area contributed by atoms with Crippen LogP contribution in [-0.4, -0.2) is 17.8 Å². The number of hydrogen-bond acceptors (Lipinski definition) is 2. The predicted octanol–water partition coefficient (Wildman–Crippen LogP) is 1.78.